The van der Waals surface area contributed by atoms with E-state index in [1.807, 2.05) is 33.6 Å². The molecule has 1 aliphatic heterocycles. The molecule has 116 valence electrons. The van der Waals surface area contributed by atoms with Gasteiger partial charge in [0.1, 0.15) is 0 Å². The van der Waals surface area contributed by atoms with Crippen molar-refractivity contribution in [2.45, 2.75) is 37.6 Å². The molecule has 2 fully saturated rings. The highest BCUT2D eigenvalue weighted by Crippen LogP contribution is 2.40. The molecule has 1 saturated heterocycles. The molecule has 1 aliphatic carbocycles. The van der Waals surface area contributed by atoms with Crippen LogP contribution in [0.3, 0.4) is 0 Å². The van der Waals surface area contributed by atoms with Crippen LogP contribution in [0.5, 0.6) is 0 Å². The number of hydrogen-bond acceptors (Lipinski definition) is 4. The minimum atomic E-state index is 0.0346. The minimum absolute atomic E-state index is 0.0346. The summed E-state index contributed by atoms with van der Waals surface area (Å²) in [6, 6.07) is 2.19. The Morgan fingerprint density at radius 1 is 1.32 bits per heavy atom. The molecule has 0 radical (unpaired) electrons. The standard InChI is InChI=1S/C15H20N6O/c1-19-14(11-4-5-11)9-13(17-19)15(22)20-7-2-3-12(10-20)21-8-6-16-18-21/h6,8-9,11-12H,2-5,7,10H2,1H3. The number of aryl methyl sites for hydroxylation is 1. The highest BCUT2D eigenvalue weighted by molar-refractivity contribution is 5.92. The molecule has 22 heavy (non-hydrogen) atoms. The van der Waals surface area contributed by atoms with Crippen molar-refractivity contribution in [1.82, 2.24) is 29.7 Å². The van der Waals surface area contributed by atoms with Gasteiger partial charge in [0.2, 0.25) is 0 Å². The molecule has 7 nitrogen and oxygen atoms in total. The molecule has 2 aliphatic rings. The first-order chi connectivity index (χ1) is 10.7. The van der Waals surface area contributed by atoms with Crippen molar-refractivity contribution in [3.63, 3.8) is 0 Å². The lowest BCUT2D eigenvalue weighted by Gasteiger charge is -2.32. The summed E-state index contributed by atoms with van der Waals surface area (Å²) in [6.07, 6.45) is 7.99. The third kappa shape index (κ3) is 2.40. The average Bonchev–Trinajstić information content (AvgIpc) is 3.09. The first-order valence-electron chi connectivity index (χ1n) is 7.91. The van der Waals surface area contributed by atoms with Crippen molar-refractivity contribution < 1.29 is 4.79 Å². The quantitative estimate of drug-likeness (QED) is 0.858. The highest BCUT2D eigenvalue weighted by Gasteiger charge is 2.31. The fourth-order valence-corrected chi connectivity index (χ4v) is 3.28. The first-order valence-corrected chi connectivity index (χ1v) is 7.91. The number of nitrogens with zero attached hydrogens (tertiary/aromatic N) is 6. The van der Waals surface area contributed by atoms with Crippen molar-refractivity contribution in [2.24, 2.45) is 7.05 Å². The molecule has 3 heterocycles. The zero-order valence-corrected chi connectivity index (χ0v) is 12.7. The van der Waals surface area contributed by atoms with Crippen molar-refractivity contribution in [1.29, 1.82) is 0 Å². The lowest BCUT2D eigenvalue weighted by Crippen LogP contribution is -2.41. The van der Waals surface area contributed by atoms with E-state index in [1.165, 1.54) is 18.5 Å². The number of likely N-dealkylation sites (tertiary alicyclic amines) is 1. The number of carbonyl (C=O) groups is 1. The Morgan fingerprint density at radius 3 is 2.91 bits per heavy atom. The van der Waals surface area contributed by atoms with Gasteiger partial charge in [0.15, 0.2) is 5.69 Å². The molecule has 0 spiro atoms. The molecule has 2 aromatic rings. The van der Waals surface area contributed by atoms with Gasteiger partial charge in [0.05, 0.1) is 12.2 Å². The normalized spacial score (nSPS) is 22.0. The summed E-state index contributed by atoms with van der Waals surface area (Å²) in [4.78, 5) is 14.6. The van der Waals surface area contributed by atoms with Crippen molar-refractivity contribution in [3.8, 4) is 0 Å². The molecule has 0 N–H and O–H groups in total. The number of aromatic nitrogens is 5. The van der Waals surface area contributed by atoms with Gasteiger partial charge in [-0.1, -0.05) is 5.21 Å². The molecule has 0 bridgehead atoms. The van der Waals surface area contributed by atoms with Crippen LogP contribution in [0.1, 0.15) is 53.8 Å². The van der Waals surface area contributed by atoms with Gasteiger partial charge in [0, 0.05) is 37.9 Å². The predicted molar refractivity (Wildman–Crippen MR) is 79.4 cm³/mol. The van der Waals surface area contributed by atoms with E-state index in [9.17, 15) is 4.79 Å². The number of amides is 1. The van der Waals surface area contributed by atoms with Gasteiger partial charge >= 0.3 is 0 Å². The summed E-state index contributed by atoms with van der Waals surface area (Å²) < 4.78 is 3.72. The number of hydrogen-bond donors (Lipinski definition) is 0. The van der Waals surface area contributed by atoms with E-state index in [4.69, 9.17) is 0 Å². The molecular formula is C15H20N6O. The van der Waals surface area contributed by atoms with E-state index in [1.54, 1.807) is 6.20 Å². The number of carbonyl (C=O) groups excluding carboxylic acids is 1. The fourth-order valence-electron chi connectivity index (χ4n) is 3.28. The Balaban J connectivity index is 1.51. The molecule has 1 saturated carbocycles. The second-order valence-corrected chi connectivity index (χ2v) is 6.28. The van der Waals surface area contributed by atoms with Crippen LogP contribution >= 0.6 is 0 Å². The Kier molecular flexibility index (Phi) is 3.20. The van der Waals surface area contributed by atoms with E-state index in [0.29, 0.717) is 18.2 Å². The van der Waals surface area contributed by atoms with Gasteiger partial charge in [-0.2, -0.15) is 5.10 Å². The van der Waals surface area contributed by atoms with Crippen molar-refractivity contribution >= 4 is 5.91 Å². The monoisotopic (exact) mass is 300 g/mol. The maximum absolute atomic E-state index is 12.7. The summed E-state index contributed by atoms with van der Waals surface area (Å²) in [5, 5.41) is 12.4. The van der Waals surface area contributed by atoms with Gasteiger partial charge in [-0.25, -0.2) is 4.68 Å². The Morgan fingerprint density at radius 2 is 2.18 bits per heavy atom. The van der Waals surface area contributed by atoms with Crippen molar-refractivity contribution in [2.75, 3.05) is 13.1 Å². The van der Waals surface area contributed by atoms with E-state index >= 15 is 0 Å². The summed E-state index contributed by atoms with van der Waals surface area (Å²) in [7, 11) is 1.93. The smallest absolute Gasteiger partial charge is 0.274 e. The van der Waals surface area contributed by atoms with Crippen molar-refractivity contribution in [3.05, 3.63) is 29.8 Å². The lowest BCUT2D eigenvalue weighted by molar-refractivity contribution is 0.0665. The van der Waals surface area contributed by atoms with Gasteiger partial charge in [-0.15, -0.1) is 5.10 Å². The predicted octanol–water partition coefficient (Wildman–Crippen LogP) is 1.37. The van der Waals surface area contributed by atoms with E-state index in [-0.39, 0.29) is 11.9 Å². The second-order valence-electron chi connectivity index (χ2n) is 6.28. The van der Waals surface area contributed by atoms with E-state index in [2.05, 4.69) is 15.4 Å². The third-order valence-corrected chi connectivity index (χ3v) is 4.63. The lowest BCUT2D eigenvalue weighted by atomic mass is 10.1. The van der Waals surface area contributed by atoms with E-state index < -0.39 is 0 Å². The Hall–Kier alpha value is -2.18. The van der Waals surface area contributed by atoms with Crippen LogP contribution < -0.4 is 0 Å². The summed E-state index contributed by atoms with van der Waals surface area (Å²) in [5.41, 5.74) is 1.76. The Bertz CT molecular complexity index is 672. The SMILES string of the molecule is Cn1nc(C(=O)N2CCCC(n3ccnn3)C2)cc1C1CC1. The molecule has 4 rings (SSSR count). The van der Waals surface area contributed by atoms with Crippen LogP contribution in [-0.4, -0.2) is 48.7 Å². The average molecular weight is 300 g/mol. The van der Waals surface area contributed by atoms with E-state index in [0.717, 1.165) is 19.4 Å². The van der Waals surface area contributed by atoms with Crippen LogP contribution in [0, 0.1) is 0 Å². The summed E-state index contributed by atoms with van der Waals surface area (Å²) >= 11 is 0. The zero-order valence-electron chi connectivity index (χ0n) is 12.7. The Labute approximate surface area is 128 Å². The largest absolute Gasteiger partial charge is 0.335 e. The molecular weight excluding hydrogens is 280 g/mol. The second kappa shape index (κ2) is 5.23. The molecule has 1 atom stereocenters. The topological polar surface area (TPSA) is 68.8 Å². The van der Waals surface area contributed by atoms with Crippen LogP contribution in [0.2, 0.25) is 0 Å². The van der Waals surface area contributed by atoms with Gasteiger partial charge in [-0.05, 0) is 31.7 Å². The van der Waals surface area contributed by atoms with Crippen LogP contribution in [-0.2, 0) is 7.05 Å². The summed E-state index contributed by atoms with van der Waals surface area (Å²) in [6.45, 7) is 1.47. The highest BCUT2D eigenvalue weighted by atomic mass is 16.2. The van der Waals surface area contributed by atoms with Crippen LogP contribution in [0.15, 0.2) is 18.5 Å². The molecule has 1 amide bonds. The fraction of sp³-hybridized carbons (Fsp3) is 0.600. The summed E-state index contributed by atoms with van der Waals surface area (Å²) in [5.74, 6) is 0.635. The van der Waals surface area contributed by atoms with Gasteiger partial charge in [-0.3, -0.25) is 9.48 Å². The number of piperidine rings is 1. The zero-order chi connectivity index (χ0) is 15.1. The molecule has 0 aromatic carbocycles. The minimum Gasteiger partial charge on any atom is -0.335 e. The maximum atomic E-state index is 12.7. The van der Waals surface area contributed by atoms with Crippen LogP contribution in [0.4, 0.5) is 0 Å². The van der Waals surface area contributed by atoms with Gasteiger partial charge in [0.25, 0.3) is 5.91 Å². The molecule has 2 aromatic heterocycles. The third-order valence-electron chi connectivity index (χ3n) is 4.63. The molecule has 7 heteroatoms. The molecule has 1 unspecified atom stereocenters. The first kappa shape index (κ1) is 13.5. The number of rotatable bonds is 3. The van der Waals surface area contributed by atoms with Crippen LogP contribution in [0.25, 0.3) is 0 Å². The van der Waals surface area contributed by atoms with Gasteiger partial charge < -0.3 is 4.90 Å². The maximum Gasteiger partial charge on any atom is 0.274 e.